The number of rotatable bonds is 6. The lowest BCUT2D eigenvalue weighted by Gasteiger charge is -2.41. The van der Waals surface area contributed by atoms with Gasteiger partial charge >= 0.3 is 0 Å². The molecule has 11 heteroatoms. The number of carbonyl (C=O) groups is 2. The van der Waals surface area contributed by atoms with Gasteiger partial charge in [-0.15, -0.1) is 0 Å². The molecule has 6 heterocycles. The predicted octanol–water partition coefficient (Wildman–Crippen LogP) is 2.80. The van der Waals surface area contributed by atoms with E-state index in [0.717, 1.165) is 33.7 Å². The van der Waals surface area contributed by atoms with Crippen molar-refractivity contribution in [2.75, 3.05) is 37.6 Å². The highest BCUT2D eigenvalue weighted by Gasteiger charge is 2.42. The summed E-state index contributed by atoms with van der Waals surface area (Å²) in [7, 11) is 0. The van der Waals surface area contributed by atoms with Crippen LogP contribution in [-0.2, 0) is 23.2 Å². The number of carbonyl (C=O) groups excluding carboxylic acids is 2. The van der Waals surface area contributed by atoms with Crippen LogP contribution < -0.4 is 10.2 Å². The van der Waals surface area contributed by atoms with Crippen molar-refractivity contribution in [2.45, 2.75) is 51.2 Å². The molecule has 3 aromatic heterocycles. The quantitative estimate of drug-likeness (QED) is 0.373. The van der Waals surface area contributed by atoms with Gasteiger partial charge in [-0.25, -0.2) is 13.9 Å². The summed E-state index contributed by atoms with van der Waals surface area (Å²) in [6.07, 6.45) is 5.45. The molecule has 1 N–H and O–H groups in total. The molecule has 10 nitrogen and oxygen atoms in total. The van der Waals surface area contributed by atoms with E-state index < -0.39 is 0 Å². The normalized spacial score (nSPS) is 21.4. The van der Waals surface area contributed by atoms with Crippen LogP contribution >= 0.6 is 0 Å². The average Bonchev–Trinajstić information content (AvgIpc) is 3.66. The van der Waals surface area contributed by atoms with Crippen molar-refractivity contribution < 1.29 is 14.0 Å². The first-order valence-corrected chi connectivity index (χ1v) is 14.8. The van der Waals surface area contributed by atoms with Gasteiger partial charge < -0.3 is 15.1 Å². The summed E-state index contributed by atoms with van der Waals surface area (Å²) < 4.78 is 15.4. The van der Waals surface area contributed by atoms with Crippen LogP contribution in [0.3, 0.4) is 0 Å². The molecular formula is C32H35FN8O2. The third-order valence-electron chi connectivity index (χ3n) is 8.98. The highest BCUT2D eigenvalue weighted by Crippen LogP contribution is 2.42. The van der Waals surface area contributed by atoms with Gasteiger partial charge in [0.1, 0.15) is 12.1 Å². The smallest absolute Gasteiger partial charge is 0.256 e. The number of pyridine rings is 2. The number of amides is 2. The van der Waals surface area contributed by atoms with Crippen molar-refractivity contribution in [3.05, 3.63) is 88.9 Å². The maximum atomic E-state index is 14.2. The number of hydrogen-bond acceptors (Lipinski definition) is 7. The van der Waals surface area contributed by atoms with Gasteiger partial charge in [0.25, 0.3) is 5.91 Å². The lowest BCUT2D eigenvalue weighted by Crippen LogP contribution is -2.60. The Hall–Kier alpha value is -4.22. The second-order valence-electron chi connectivity index (χ2n) is 12.7. The fourth-order valence-electron chi connectivity index (χ4n) is 6.87. The molecular weight excluding hydrogens is 547 g/mol. The first kappa shape index (κ1) is 27.6. The van der Waals surface area contributed by atoms with Gasteiger partial charge in [0.15, 0.2) is 5.65 Å². The molecule has 0 saturated carbocycles. The van der Waals surface area contributed by atoms with Crippen LogP contribution in [0.2, 0.25) is 0 Å². The Morgan fingerprint density at radius 2 is 2.00 bits per heavy atom. The van der Waals surface area contributed by atoms with Crippen LogP contribution in [0.4, 0.5) is 10.1 Å². The van der Waals surface area contributed by atoms with Gasteiger partial charge in [-0.2, -0.15) is 5.10 Å². The van der Waals surface area contributed by atoms with E-state index in [9.17, 15) is 14.0 Å². The molecule has 2 amide bonds. The van der Waals surface area contributed by atoms with Gasteiger partial charge in [-0.3, -0.25) is 19.5 Å². The summed E-state index contributed by atoms with van der Waals surface area (Å²) in [6.45, 7) is 9.62. The molecule has 7 rings (SSSR count). The zero-order valence-electron chi connectivity index (χ0n) is 24.6. The van der Waals surface area contributed by atoms with E-state index in [1.54, 1.807) is 30.9 Å². The predicted molar refractivity (Wildman–Crippen MR) is 159 cm³/mol. The molecule has 0 aliphatic carbocycles. The molecule has 43 heavy (non-hydrogen) atoms. The number of fused-ring (bicyclic) bond motifs is 4. The van der Waals surface area contributed by atoms with E-state index in [2.05, 4.69) is 52.1 Å². The summed E-state index contributed by atoms with van der Waals surface area (Å²) in [5, 5.41) is 8.10. The number of nitrogens with one attached hydrogen (secondary N) is 1. The van der Waals surface area contributed by atoms with Gasteiger partial charge in [-0.1, -0.05) is 26.0 Å². The lowest BCUT2D eigenvalue weighted by molar-refractivity contribution is -0.120. The van der Waals surface area contributed by atoms with Crippen molar-refractivity contribution in [1.82, 2.24) is 34.7 Å². The number of hydrogen-bond donors (Lipinski definition) is 1. The second-order valence-corrected chi connectivity index (χ2v) is 12.7. The van der Waals surface area contributed by atoms with Crippen molar-refractivity contribution in [3.63, 3.8) is 0 Å². The number of halogens is 1. The first-order valence-electron chi connectivity index (χ1n) is 14.8. The van der Waals surface area contributed by atoms with E-state index in [0.29, 0.717) is 44.7 Å². The molecule has 2 atom stereocenters. The van der Waals surface area contributed by atoms with Crippen LogP contribution in [0.5, 0.6) is 0 Å². The molecule has 0 radical (unpaired) electrons. The minimum atomic E-state index is -0.344. The highest BCUT2D eigenvalue weighted by molar-refractivity contribution is 5.98. The molecule has 3 aliphatic rings. The topological polar surface area (TPSA) is 99.0 Å². The standard InChI is InChI=1S/C32H35FN8O2/c1-20-14-38(25(12-35-20)16-39-15-22-8-9-34-13-26(22)31(39)43)17-28(42)40-18-32(2,3)29-27(40)11-23(30-36-19-37-41(29)30)10-21-4-6-24(33)7-5-21/h4-9,11,13,19-20,25,35H,10,12,14-18H2,1-3H3/t20-,25-/m1/s1. The maximum Gasteiger partial charge on any atom is 0.256 e. The monoisotopic (exact) mass is 582 g/mol. The van der Waals surface area contributed by atoms with Crippen molar-refractivity contribution in [1.29, 1.82) is 0 Å². The Bertz CT molecular complexity index is 1720. The van der Waals surface area contributed by atoms with Gasteiger partial charge in [0, 0.05) is 74.6 Å². The van der Waals surface area contributed by atoms with E-state index in [4.69, 9.17) is 0 Å². The Morgan fingerprint density at radius 3 is 2.79 bits per heavy atom. The third kappa shape index (κ3) is 4.96. The number of nitrogens with zero attached hydrogens (tertiary/aromatic N) is 7. The number of piperazine rings is 1. The van der Waals surface area contributed by atoms with Crippen molar-refractivity contribution >= 4 is 23.1 Å². The average molecular weight is 583 g/mol. The molecule has 0 unspecified atom stereocenters. The number of benzene rings is 1. The summed E-state index contributed by atoms with van der Waals surface area (Å²) in [5.41, 5.74) is 5.72. The molecule has 1 saturated heterocycles. The molecule has 4 aromatic rings. The zero-order valence-corrected chi connectivity index (χ0v) is 24.6. The second kappa shape index (κ2) is 10.5. The summed E-state index contributed by atoms with van der Waals surface area (Å²) in [6, 6.07) is 10.6. The van der Waals surface area contributed by atoms with Crippen LogP contribution in [-0.4, -0.2) is 86.0 Å². The largest absolute Gasteiger partial charge is 0.333 e. The molecule has 0 bridgehead atoms. The Labute approximate surface area is 249 Å². The zero-order chi connectivity index (χ0) is 29.9. The summed E-state index contributed by atoms with van der Waals surface area (Å²) in [4.78, 5) is 41.9. The van der Waals surface area contributed by atoms with Gasteiger partial charge in [0.05, 0.1) is 23.5 Å². The van der Waals surface area contributed by atoms with Crippen molar-refractivity contribution in [3.8, 4) is 0 Å². The van der Waals surface area contributed by atoms with E-state index in [1.807, 2.05) is 20.4 Å². The lowest BCUT2D eigenvalue weighted by atomic mass is 9.90. The summed E-state index contributed by atoms with van der Waals surface area (Å²) in [5.74, 6) is -0.271. The Balaban J connectivity index is 1.16. The van der Waals surface area contributed by atoms with E-state index >= 15 is 0 Å². The number of aromatic nitrogens is 4. The van der Waals surface area contributed by atoms with Crippen LogP contribution in [0.1, 0.15) is 53.5 Å². The van der Waals surface area contributed by atoms with Crippen LogP contribution in [0, 0.1) is 5.82 Å². The van der Waals surface area contributed by atoms with E-state index in [-0.39, 0.29) is 41.7 Å². The van der Waals surface area contributed by atoms with E-state index in [1.165, 1.54) is 12.1 Å². The molecule has 1 aromatic carbocycles. The van der Waals surface area contributed by atoms with Gasteiger partial charge in [-0.05, 0) is 42.3 Å². The van der Waals surface area contributed by atoms with Crippen LogP contribution in [0.15, 0.2) is 55.1 Å². The minimum Gasteiger partial charge on any atom is -0.333 e. The Morgan fingerprint density at radius 1 is 1.19 bits per heavy atom. The fraction of sp³-hybridized carbons (Fsp3) is 0.406. The SMILES string of the molecule is C[C@@H]1CN(CC(=O)N2CC(C)(C)c3c2cc(Cc2ccc(F)cc2)c2ncnn32)[C@@H](CN2Cc3ccncc3C2=O)CN1. The maximum absolute atomic E-state index is 14.2. The molecule has 0 spiro atoms. The summed E-state index contributed by atoms with van der Waals surface area (Å²) >= 11 is 0. The first-order chi connectivity index (χ1) is 20.7. The molecule has 1 fully saturated rings. The highest BCUT2D eigenvalue weighted by atomic mass is 19.1. The minimum absolute atomic E-state index is 0.00579. The fourth-order valence-corrected chi connectivity index (χ4v) is 6.87. The molecule has 222 valence electrons. The van der Waals surface area contributed by atoms with Gasteiger partial charge in [0.2, 0.25) is 5.91 Å². The third-order valence-corrected chi connectivity index (χ3v) is 8.98. The Kier molecular flexibility index (Phi) is 6.74. The molecule has 3 aliphatic heterocycles. The van der Waals surface area contributed by atoms with Crippen molar-refractivity contribution in [2.24, 2.45) is 0 Å². The van der Waals surface area contributed by atoms with Crippen LogP contribution in [0.25, 0.3) is 5.65 Å². The number of anilines is 1.